The smallest absolute Gasteiger partial charge is 0.138 e. The van der Waals surface area contributed by atoms with Gasteiger partial charge in [0.2, 0.25) is 0 Å². The molecule has 0 amide bonds. The van der Waals surface area contributed by atoms with Crippen molar-refractivity contribution in [3.63, 3.8) is 0 Å². The lowest BCUT2D eigenvalue weighted by atomic mass is 9.95. The molecule has 0 aromatic carbocycles. The van der Waals surface area contributed by atoms with E-state index in [-0.39, 0.29) is 5.41 Å². The second-order valence-corrected chi connectivity index (χ2v) is 5.79. The zero-order valence-electron chi connectivity index (χ0n) is 11.4. The molecule has 2 N–H and O–H groups in total. The maximum Gasteiger partial charge on any atom is 0.138 e. The van der Waals surface area contributed by atoms with Crippen LogP contribution in [0.4, 0.5) is 11.6 Å². The topological polar surface area (TPSA) is 49.8 Å². The summed E-state index contributed by atoms with van der Waals surface area (Å²) in [7, 11) is 1.91. The van der Waals surface area contributed by atoms with E-state index < -0.39 is 0 Å². The maximum absolute atomic E-state index is 4.67. The Morgan fingerprint density at radius 3 is 2.18 bits per heavy atom. The number of rotatable bonds is 3. The molecule has 17 heavy (non-hydrogen) atoms. The molecule has 0 spiro atoms. The van der Waals surface area contributed by atoms with Gasteiger partial charge in [-0.05, 0) is 19.8 Å². The predicted octanol–water partition coefficient (Wildman–Crippen LogP) is 2.70. The van der Waals surface area contributed by atoms with Crippen LogP contribution < -0.4 is 10.6 Å². The normalized spacial score (nSPS) is 15.8. The quantitative estimate of drug-likeness (QED) is 0.844. The second-order valence-electron chi connectivity index (χ2n) is 5.79. The van der Waals surface area contributed by atoms with Crippen LogP contribution in [0, 0.1) is 6.92 Å². The Morgan fingerprint density at radius 2 is 1.71 bits per heavy atom. The van der Waals surface area contributed by atoms with Crippen molar-refractivity contribution in [2.75, 3.05) is 17.7 Å². The lowest BCUT2D eigenvalue weighted by molar-refractivity contribution is 0.546. The van der Waals surface area contributed by atoms with Crippen LogP contribution in [0.25, 0.3) is 0 Å². The zero-order valence-corrected chi connectivity index (χ0v) is 11.4. The third kappa shape index (κ3) is 2.68. The SMILES string of the molecule is CNc1nc(C(C)(C)C)nc(NC2CC2)c1C. The molecule has 1 aliphatic carbocycles. The molecule has 1 fully saturated rings. The molecule has 4 heteroatoms. The van der Waals surface area contributed by atoms with Gasteiger partial charge in [0, 0.05) is 24.1 Å². The van der Waals surface area contributed by atoms with Gasteiger partial charge in [0.25, 0.3) is 0 Å². The molecule has 4 nitrogen and oxygen atoms in total. The Hall–Kier alpha value is -1.32. The Morgan fingerprint density at radius 1 is 1.12 bits per heavy atom. The minimum atomic E-state index is -0.0285. The van der Waals surface area contributed by atoms with Gasteiger partial charge in [0.05, 0.1) is 0 Å². The highest BCUT2D eigenvalue weighted by Crippen LogP contribution is 2.30. The summed E-state index contributed by atoms with van der Waals surface area (Å²) in [6.45, 7) is 8.47. The molecule has 1 aromatic rings. The van der Waals surface area contributed by atoms with Crippen molar-refractivity contribution >= 4 is 11.6 Å². The average Bonchev–Trinajstić information content (AvgIpc) is 3.03. The van der Waals surface area contributed by atoms with Gasteiger partial charge in [-0.15, -0.1) is 0 Å². The van der Waals surface area contributed by atoms with Gasteiger partial charge >= 0.3 is 0 Å². The van der Waals surface area contributed by atoms with E-state index >= 15 is 0 Å². The van der Waals surface area contributed by atoms with Crippen LogP contribution in [-0.2, 0) is 5.41 Å². The molecule has 0 aliphatic heterocycles. The Balaban J connectivity index is 2.41. The summed E-state index contributed by atoms with van der Waals surface area (Å²) in [5, 5.41) is 6.63. The molecule has 94 valence electrons. The van der Waals surface area contributed by atoms with Crippen LogP contribution in [-0.4, -0.2) is 23.1 Å². The van der Waals surface area contributed by atoms with E-state index in [1.54, 1.807) is 0 Å². The van der Waals surface area contributed by atoms with Crippen molar-refractivity contribution in [2.45, 2.75) is 52.0 Å². The van der Waals surface area contributed by atoms with Crippen LogP contribution in [0.15, 0.2) is 0 Å². The Bertz CT molecular complexity index is 416. The summed E-state index contributed by atoms with van der Waals surface area (Å²) in [5.74, 6) is 2.79. The van der Waals surface area contributed by atoms with Crippen LogP contribution >= 0.6 is 0 Å². The number of aromatic nitrogens is 2. The van der Waals surface area contributed by atoms with Crippen LogP contribution in [0.2, 0.25) is 0 Å². The number of anilines is 2. The molecular weight excluding hydrogens is 212 g/mol. The molecule has 1 aliphatic rings. The molecule has 0 unspecified atom stereocenters. The monoisotopic (exact) mass is 234 g/mol. The van der Waals surface area contributed by atoms with Gasteiger partial charge in [-0.2, -0.15) is 0 Å². The van der Waals surface area contributed by atoms with Gasteiger partial charge in [0.15, 0.2) is 0 Å². The lowest BCUT2D eigenvalue weighted by Gasteiger charge is -2.20. The molecule has 1 heterocycles. The summed E-state index contributed by atoms with van der Waals surface area (Å²) in [5.41, 5.74) is 1.08. The summed E-state index contributed by atoms with van der Waals surface area (Å²) in [6.07, 6.45) is 2.51. The van der Waals surface area contributed by atoms with Gasteiger partial charge in [-0.25, -0.2) is 9.97 Å². The van der Waals surface area contributed by atoms with E-state index in [2.05, 4.69) is 48.3 Å². The molecule has 1 aromatic heterocycles. The van der Waals surface area contributed by atoms with Crippen molar-refractivity contribution in [1.82, 2.24) is 9.97 Å². The first-order valence-corrected chi connectivity index (χ1v) is 6.25. The van der Waals surface area contributed by atoms with E-state index in [0.717, 1.165) is 23.0 Å². The molecule has 0 saturated heterocycles. The lowest BCUT2D eigenvalue weighted by Crippen LogP contribution is -2.19. The first-order valence-electron chi connectivity index (χ1n) is 6.25. The van der Waals surface area contributed by atoms with Gasteiger partial charge in [-0.1, -0.05) is 20.8 Å². The molecule has 0 atom stereocenters. The summed E-state index contributed by atoms with van der Waals surface area (Å²) in [6, 6.07) is 0.612. The molecule has 0 bridgehead atoms. The highest BCUT2D eigenvalue weighted by atomic mass is 15.1. The standard InChI is InChI=1S/C13H22N4/c1-8-10(14-5)16-12(13(2,3)4)17-11(8)15-9-6-7-9/h9H,6-7H2,1-5H3,(H2,14,15,16,17). The van der Waals surface area contributed by atoms with Crippen molar-refractivity contribution in [1.29, 1.82) is 0 Å². The minimum absolute atomic E-state index is 0.0285. The maximum atomic E-state index is 4.67. The third-order valence-electron chi connectivity index (χ3n) is 2.97. The van der Waals surface area contributed by atoms with Gasteiger partial charge in [-0.3, -0.25) is 0 Å². The van der Waals surface area contributed by atoms with Gasteiger partial charge < -0.3 is 10.6 Å². The largest absolute Gasteiger partial charge is 0.373 e. The van der Waals surface area contributed by atoms with Crippen molar-refractivity contribution < 1.29 is 0 Å². The summed E-state index contributed by atoms with van der Waals surface area (Å²) < 4.78 is 0. The number of nitrogens with zero attached hydrogens (tertiary/aromatic N) is 2. The minimum Gasteiger partial charge on any atom is -0.373 e. The first kappa shape index (κ1) is 12.1. The number of hydrogen-bond donors (Lipinski definition) is 2. The van der Waals surface area contributed by atoms with E-state index in [0.29, 0.717) is 6.04 Å². The van der Waals surface area contributed by atoms with E-state index in [1.807, 2.05) is 7.05 Å². The molecule has 1 saturated carbocycles. The zero-order chi connectivity index (χ0) is 12.6. The third-order valence-corrected chi connectivity index (χ3v) is 2.97. The fraction of sp³-hybridized carbons (Fsp3) is 0.692. The van der Waals surface area contributed by atoms with Crippen LogP contribution in [0.1, 0.15) is 45.0 Å². The summed E-state index contributed by atoms with van der Waals surface area (Å²) >= 11 is 0. The fourth-order valence-corrected chi connectivity index (χ4v) is 1.66. The number of nitrogens with one attached hydrogen (secondary N) is 2. The second kappa shape index (κ2) is 4.17. The van der Waals surface area contributed by atoms with Crippen molar-refractivity contribution in [3.05, 3.63) is 11.4 Å². The molecule has 2 rings (SSSR count). The molecule has 0 radical (unpaired) electrons. The van der Waals surface area contributed by atoms with Crippen molar-refractivity contribution in [3.8, 4) is 0 Å². The Kier molecular flexibility index (Phi) is 2.98. The van der Waals surface area contributed by atoms with E-state index in [9.17, 15) is 0 Å². The van der Waals surface area contributed by atoms with Crippen molar-refractivity contribution in [2.24, 2.45) is 0 Å². The van der Waals surface area contributed by atoms with Gasteiger partial charge in [0.1, 0.15) is 17.5 Å². The molecular formula is C13H22N4. The number of hydrogen-bond acceptors (Lipinski definition) is 4. The average molecular weight is 234 g/mol. The Labute approximate surface area is 103 Å². The van der Waals surface area contributed by atoms with E-state index in [4.69, 9.17) is 0 Å². The first-order chi connectivity index (χ1) is 7.91. The van der Waals surface area contributed by atoms with Crippen LogP contribution in [0.5, 0.6) is 0 Å². The van der Waals surface area contributed by atoms with E-state index in [1.165, 1.54) is 12.8 Å². The predicted molar refractivity (Wildman–Crippen MR) is 71.7 cm³/mol. The highest BCUT2D eigenvalue weighted by Gasteiger charge is 2.25. The summed E-state index contributed by atoms with van der Waals surface area (Å²) in [4.78, 5) is 9.26. The highest BCUT2D eigenvalue weighted by molar-refractivity contribution is 5.58. The fourth-order valence-electron chi connectivity index (χ4n) is 1.66. The van der Waals surface area contributed by atoms with Crippen LogP contribution in [0.3, 0.4) is 0 Å².